The summed E-state index contributed by atoms with van der Waals surface area (Å²) in [7, 11) is 0. The van der Waals surface area contributed by atoms with Crippen LogP contribution >= 0.6 is 11.6 Å². The van der Waals surface area contributed by atoms with Crippen molar-refractivity contribution in [1.29, 1.82) is 5.26 Å². The number of ether oxygens (including phenoxy) is 2. The fourth-order valence-corrected chi connectivity index (χ4v) is 3.34. The SMILES string of the molecule is N#Cc1ccc(-c2ccc(OC(=O)c3ccccc3OCc3ccccc3Cl)cc2)cc1. The van der Waals surface area contributed by atoms with E-state index < -0.39 is 5.97 Å². The molecule has 0 N–H and O–H groups in total. The van der Waals surface area contributed by atoms with E-state index in [4.69, 9.17) is 26.3 Å². The standard InChI is InChI=1S/C27H18ClNO3/c28-25-7-3-1-5-22(25)18-31-26-8-4-2-6-24(26)27(30)32-23-15-13-21(14-16-23)20-11-9-19(17-29)10-12-20/h1-16H,18H2. The average molecular weight is 440 g/mol. The molecule has 4 nitrogen and oxygen atoms in total. The van der Waals surface area contributed by atoms with Crippen LogP contribution in [-0.4, -0.2) is 5.97 Å². The molecule has 0 fully saturated rings. The maximum atomic E-state index is 12.8. The summed E-state index contributed by atoms with van der Waals surface area (Å²) < 4.78 is 11.4. The van der Waals surface area contributed by atoms with Crippen molar-refractivity contribution in [2.75, 3.05) is 0 Å². The number of nitriles is 1. The van der Waals surface area contributed by atoms with Crippen molar-refractivity contribution in [2.24, 2.45) is 0 Å². The molecule has 0 heterocycles. The van der Waals surface area contributed by atoms with E-state index in [0.29, 0.717) is 27.6 Å². The van der Waals surface area contributed by atoms with E-state index in [1.807, 2.05) is 42.5 Å². The van der Waals surface area contributed by atoms with Gasteiger partial charge in [-0.15, -0.1) is 0 Å². The van der Waals surface area contributed by atoms with Gasteiger partial charge in [0.25, 0.3) is 0 Å². The summed E-state index contributed by atoms with van der Waals surface area (Å²) in [5, 5.41) is 9.53. The molecule has 0 aliphatic heterocycles. The molecule has 0 aliphatic carbocycles. The fourth-order valence-electron chi connectivity index (χ4n) is 3.15. The molecule has 0 saturated heterocycles. The summed E-state index contributed by atoms with van der Waals surface area (Å²) in [6, 6.07) is 30.9. The molecule has 4 rings (SSSR count). The highest BCUT2D eigenvalue weighted by Crippen LogP contribution is 2.26. The molecule has 0 spiro atoms. The number of halogens is 1. The molecule has 0 bridgehead atoms. The monoisotopic (exact) mass is 439 g/mol. The van der Waals surface area contributed by atoms with E-state index in [9.17, 15) is 4.79 Å². The van der Waals surface area contributed by atoms with Gasteiger partial charge >= 0.3 is 5.97 Å². The minimum Gasteiger partial charge on any atom is -0.488 e. The van der Waals surface area contributed by atoms with Gasteiger partial charge in [0.15, 0.2) is 0 Å². The third kappa shape index (κ3) is 4.97. The van der Waals surface area contributed by atoms with Crippen LogP contribution in [0.25, 0.3) is 11.1 Å². The van der Waals surface area contributed by atoms with E-state index in [1.54, 1.807) is 54.6 Å². The molecule has 4 aromatic carbocycles. The first-order valence-electron chi connectivity index (χ1n) is 9.92. The molecule has 4 aromatic rings. The van der Waals surface area contributed by atoms with Crippen molar-refractivity contribution in [3.8, 4) is 28.7 Å². The van der Waals surface area contributed by atoms with E-state index in [2.05, 4.69) is 6.07 Å². The third-order valence-electron chi connectivity index (χ3n) is 4.86. The largest absolute Gasteiger partial charge is 0.488 e. The van der Waals surface area contributed by atoms with Gasteiger partial charge in [-0.05, 0) is 53.6 Å². The van der Waals surface area contributed by atoms with Crippen molar-refractivity contribution < 1.29 is 14.3 Å². The summed E-state index contributed by atoms with van der Waals surface area (Å²) in [5.41, 5.74) is 3.69. The lowest BCUT2D eigenvalue weighted by Gasteiger charge is -2.12. The summed E-state index contributed by atoms with van der Waals surface area (Å²) >= 11 is 6.19. The number of para-hydroxylation sites is 1. The Kier molecular flexibility index (Phi) is 6.50. The zero-order chi connectivity index (χ0) is 22.3. The Morgan fingerprint density at radius 1 is 0.812 bits per heavy atom. The Labute approximate surface area is 191 Å². The minimum atomic E-state index is -0.508. The second-order valence-corrected chi connectivity index (χ2v) is 7.39. The summed E-state index contributed by atoms with van der Waals surface area (Å²) in [5.74, 6) is 0.339. The van der Waals surface area contributed by atoms with Gasteiger partial charge in [-0.25, -0.2) is 4.79 Å². The molecule has 0 aromatic heterocycles. The van der Waals surface area contributed by atoms with Crippen molar-refractivity contribution in [1.82, 2.24) is 0 Å². The van der Waals surface area contributed by atoms with Crippen molar-refractivity contribution in [3.05, 3.63) is 119 Å². The lowest BCUT2D eigenvalue weighted by molar-refractivity contribution is 0.0729. The lowest BCUT2D eigenvalue weighted by atomic mass is 10.0. The van der Waals surface area contributed by atoms with Gasteiger partial charge in [-0.3, -0.25) is 0 Å². The number of hydrogen-bond acceptors (Lipinski definition) is 4. The smallest absolute Gasteiger partial charge is 0.347 e. The molecule has 156 valence electrons. The molecule has 0 unspecified atom stereocenters. The minimum absolute atomic E-state index is 0.239. The zero-order valence-electron chi connectivity index (χ0n) is 17.0. The highest BCUT2D eigenvalue weighted by molar-refractivity contribution is 6.31. The Balaban J connectivity index is 1.46. The molecule has 32 heavy (non-hydrogen) atoms. The molecule has 5 heteroatoms. The quantitative estimate of drug-likeness (QED) is 0.248. The molecule has 0 aliphatic rings. The predicted octanol–water partition coefficient (Wildman–Crippen LogP) is 6.68. The topological polar surface area (TPSA) is 59.3 Å². The molecular weight excluding hydrogens is 422 g/mol. The van der Waals surface area contributed by atoms with Crippen LogP contribution in [0.4, 0.5) is 0 Å². The predicted molar refractivity (Wildman–Crippen MR) is 124 cm³/mol. The van der Waals surface area contributed by atoms with Gasteiger partial charge in [-0.2, -0.15) is 5.26 Å². The van der Waals surface area contributed by atoms with E-state index in [0.717, 1.165) is 16.7 Å². The van der Waals surface area contributed by atoms with Crippen LogP contribution < -0.4 is 9.47 Å². The number of nitrogens with zero attached hydrogens (tertiary/aromatic N) is 1. The second kappa shape index (κ2) is 9.82. The third-order valence-corrected chi connectivity index (χ3v) is 5.23. The molecular formula is C27H18ClNO3. The normalized spacial score (nSPS) is 10.2. The van der Waals surface area contributed by atoms with Gasteiger partial charge in [0.2, 0.25) is 0 Å². The first kappa shape index (κ1) is 21.2. The molecule has 0 radical (unpaired) electrons. The Bertz CT molecular complexity index is 1280. The van der Waals surface area contributed by atoms with Crippen LogP contribution in [0, 0.1) is 11.3 Å². The number of rotatable bonds is 6. The Morgan fingerprint density at radius 3 is 2.12 bits per heavy atom. The summed E-state index contributed by atoms with van der Waals surface area (Å²) in [6.45, 7) is 0.239. The molecule has 0 amide bonds. The first-order valence-corrected chi connectivity index (χ1v) is 10.3. The van der Waals surface area contributed by atoms with Gasteiger partial charge < -0.3 is 9.47 Å². The van der Waals surface area contributed by atoms with E-state index >= 15 is 0 Å². The highest BCUT2D eigenvalue weighted by atomic mass is 35.5. The second-order valence-electron chi connectivity index (χ2n) is 6.98. The van der Waals surface area contributed by atoms with Crippen molar-refractivity contribution in [2.45, 2.75) is 6.61 Å². The van der Waals surface area contributed by atoms with E-state index in [-0.39, 0.29) is 6.61 Å². The van der Waals surface area contributed by atoms with Crippen LogP contribution in [0.5, 0.6) is 11.5 Å². The van der Waals surface area contributed by atoms with Gasteiger partial charge in [0.1, 0.15) is 23.7 Å². The number of benzene rings is 4. The van der Waals surface area contributed by atoms with Crippen LogP contribution in [0.1, 0.15) is 21.5 Å². The summed E-state index contributed by atoms with van der Waals surface area (Å²) in [6.07, 6.45) is 0. The number of carbonyl (C=O) groups is 1. The Morgan fingerprint density at radius 2 is 1.44 bits per heavy atom. The number of esters is 1. The first-order chi connectivity index (χ1) is 15.6. The van der Waals surface area contributed by atoms with Gasteiger partial charge in [-0.1, -0.05) is 66.2 Å². The maximum absolute atomic E-state index is 12.8. The number of carbonyl (C=O) groups excluding carboxylic acids is 1. The van der Waals surface area contributed by atoms with Gasteiger partial charge in [0, 0.05) is 10.6 Å². The Hall–Kier alpha value is -4.07. The van der Waals surface area contributed by atoms with Crippen LogP contribution in [0.2, 0.25) is 5.02 Å². The fraction of sp³-hybridized carbons (Fsp3) is 0.0370. The van der Waals surface area contributed by atoms with Crippen LogP contribution in [-0.2, 0) is 6.61 Å². The molecule has 0 saturated carbocycles. The molecule has 0 atom stereocenters. The lowest BCUT2D eigenvalue weighted by Crippen LogP contribution is -2.11. The highest BCUT2D eigenvalue weighted by Gasteiger charge is 2.15. The van der Waals surface area contributed by atoms with Crippen LogP contribution in [0.3, 0.4) is 0 Å². The summed E-state index contributed by atoms with van der Waals surface area (Å²) in [4.78, 5) is 12.8. The average Bonchev–Trinajstić information content (AvgIpc) is 2.84. The van der Waals surface area contributed by atoms with Crippen molar-refractivity contribution in [3.63, 3.8) is 0 Å². The van der Waals surface area contributed by atoms with E-state index in [1.165, 1.54) is 0 Å². The number of hydrogen-bond donors (Lipinski definition) is 0. The van der Waals surface area contributed by atoms with Crippen LogP contribution in [0.15, 0.2) is 97.1 Å². The van der Waals surface area contributed by atoms with Gasteiger partial charge in [0.05, 0.1) is 11.6 Å². The zero-order valence-corrected chi connectivity index (χ0v) is 17.8. The van der Waals surface area contributed by atoms with Crippen molar-refractivity contribution >= 4 is 17.6 Å². The maximum Gasteiger partial charge on any atom is 0.347 e.